The molecule has 2 amide bonds. The average Bonchev–Trinajstić information content (AvgIpc) is 2.57. The molecule has 0 atom stereocenters. The second-order valence-corrected chi connectivity index (χ2v) is 6.62. The van der Waals surface area contributed by atoms with Crippen molar-refractivity contribution in [2.75, 3.05) is 12.0 Å². The average molecular weight is 382 g/mol. The first-order valence-electron chi connectivity index (χ1n) is 8.17. The van der Waals surface area contributed by atoms with Gasteiger partial charge in [-0.2, -0.15) is 0 Å². The number of anilines is 1. The summed E-state index contributed by atoms with van der Waals surface area (Å²) in [4.78, 5) is 26.6. The van der Waals surface area contributed by atoms with Gasteiger partial charge in [-0.1, -0.05) is 12.1 Å². The van der Waals surface area contributed by atoms with E-state index in [1.807, 2.05) is 32.0 Å². The Morgan fingerprint density at radius 3 is 2.37 bits per heavy atom. The lowest BCUT2D eigenvalue weighted by molar-refractivity contribution is -0.122. The molecule has 6 nitrogen and oxygen atoms in total. The SMILES string of the molecule is COc1ccc(/C=C2\C(=O)NC(=S)N(c3cc(C)cc(C)c3)C2=O)cc1O. The zero-order valence-electron chi connectivity index (χ0n) is 15.1. The summed E-state index contributed by atoms with van der Waals surface area (Å²) in [5, 5.41) is 12.5. The minimum Gasteiger partial charge on any atom is -0.504 e. The van der Waals surface area contributed by atoms with Gasteiger partial charge < -0.3 is 9.84 Å². The van der Waals surface area contributed by atoms with E-state index in [2.05, 4.69) is 5.32 Å². The van der Waals surface area contributed by atoms with Gasteiger partial charge in [0.05, 0.1) is 12.8 Å². The Balaban J connectivity index is 2.03. The van der Waals surface area contributed by atoms with Gasteiger partial charge in [-0.05, 0) is 73.1 Å². The topological polar surface area (TPSA) is 78.9 Å². The second-order valence-electron chi connectivity index (χ2n) is 6.24. The zero-order chi connectivity index (χ0) is 19.7. The zero-order valence-corrected chi connectivity index (χ0v) is 15.9. The van der Waals surface area contributed by atoms with E-state index in [0.29, 0.717) is 17.0 Å². The normalized spacial score (nSPS) is 15.9. The van der Waals surface area contributed by atoms with Crippen LogP contribution in [-0.4, -0.2) is 29.1 Å². The first kappa shape index (κ1) is 18.6. The number of hydrogen-bond donors (Lipinski definition) is 2. The van der Waals surface area contributed by atoms with E-state index in [4.69, 9.17) is 17.0 Å². The Kier molecular flexibility index (Phi) is 4.96. The number of hydrogen-bond acceptors (Lipinski definition) is 5. The predicted octanol–water partition coefficient (Wildman–Crippen LogP) is 2.85. The van der Waals surface area contributed by atoms with Gasteiger partial charge in [0, 0.05) is 0 Å². The van der Waals surface area contributed by atoms with Crippen molar-refractivity contribution in [3.8, 4) is 11.5 Å². The van der Waals surface area contributed by atoms with Gasteiger partial charge in [-0.3, -0.25) is 19.8 Å². The molecular weight excluding hydrogens is 364 g/mol. The van der Waals surface area contributed by atoms with Gasteiger partial charge in [0.1, 0.15) is 5.57 Å². The van der Waals surface area contributed by atoms with Crippen molar-refractivity contribution in [2.24, 2.45) is 0 Å². The third kappa shape index (κ3) is 3.68. The molecule has 2 aromatic carbocycles. The molecule has 1 fully saturated rings. The largest absolute Gasteiger partial charge is 0.504 e. The van der Waals surface area contributed by atoms with E-state index in [9.17, 15) is 14.7 Å². The highest BCUT2D eigenvalue weighted by molar-refractivity contribution is 7.80. The Morgan fingerprint density at radius 1 is 1.11 bits per heavy atom. The summed E-state index contributed by atoms with van der Waals surface area (Å²) in [5.41, 5.74) is 2.95. The van der Waals surface area contributed by atoms with E-state index < -0.39 is 11.8 Å². The fraction of sp³-hybridized carbons (Fsp3) is 0.150. The molecule has 138 valence electrons. The molecule has 1 heterocycles. The highest BCUT2D eigenvalue weighted by Crippen LogP contribution is 2.28. The molecule has 2 aromatic rings. The summed E-state index contributed by atoms with van der Waals surface area (Å²) in [7, 11) is 1.44. The summed E-state index contributed by atoms with van der Waals surface area (Å²) in [5.74, 6) is -0.892. The van der Waals surface area contributed by atoms with E-state index >= 15 is 0 Å². The molecule has 0 saturated carbocycles. The van der Waals surface area contributed by atoms with Crippen molar-refractivity contribution in [3.63, 3.8) is 0 Å². The van der Waals surface area contributed by atoms with Gasteiger partial charge in [0.15, 0.2) is 16.6 Å². The monoisotopic (exact) mass is 382 g/mol. The number of phenolic OH excluding ortho intramolecular Hbond substituents is 1. The van der Waals surface area contributed by atoms with Crippen LogP contribution in [0.4, 0.5) is 5.69 Å². The fourth-order valence-corrected chi connectivity index (χ4v) is 3.22. The van der Waals surface area contributed by atoms with Crippen LogP contribution in [0, 0.1) is 13.8 Å². The molecule has 3 rings (SSSR count). The number of methoxy groups -OCH3 is 1. The van der Waals surface area contributed by atoms with Crippen LogP contribution in [0.15, 0.2) is 42.0 Å². The molecule has 0 unspecified atom stereocenters. The molecule has 1 aliphatic rings. The van der Waals surface area contributed by atoms with Crippen molar-refractivity contribution in [3.05, 3.63) is 58.7 Å². The molecular formula is C20H18N2O4S. The Bertz CT molecular complexity index is 977. The van der Waals surface area contributed by atoms with Crippen molar-refractivity contribution in [1.82, 2.24) is 5.32 Å². The third-order valence-corrected chi connectivity index (χ3v) is 4.36. The maximum Gasteiger partial charge on any atom is 0.270 e. The lowest BCUT2D eigenvalue weighted by Gasteiger charge is -2.29. The maximum atomic E-state index is 13.0. The van der Waals surface area contributed by atoms with Crippen LogP contribution in [-0.2, 0) is 9.59 Å². The smallest absolute Gasteiger partial charge is 0.270 e. The van der Waals surface area contributed by atoms with E-state index in [1.165, 1.54) is 24.2 Å². The molecule has 1 aliphatic heterocycles. The second kappa shape index (κ2) is 7.20. The molecule has 0 aromatic heterocycles. The highest BCUT2D eigenvalue weighted by atomic mass is 32.1. The van der Waals surface area contributed by atoms with Gasteiger partial charge in [-0.25, -0.2) is 0 Å². The third-order valence-electron chi connectivity index (χ3n) is 4.08. The standard InChI is InChI=1S/C20H18N2O4S/c1-11-6-12(2)8-14(7-11)22-19(25)15(18(24)21-20(22)27)9-13-4-5-17(26-3)16(23)10-13/h4-10,23H,1-3H3,(H,21,24,27)/b15-9+. The minimum absolute atomic E-state index is 0.0322. The molecule has 0 radical (unpaired) electrons. The number of amides is 2. The van der Waals surface area contributed by atoms with Crippen LogP contribution in [0.5, 0.6) is 11.5 Å². The molecule has 0 aliphatic carbocycles. The molecule has 7 heteroatoms. The van der Waals surface area contributed by atoms with Crippen molar-refractivity contribution < 1.29 is 19.4 Å². The number of phenols is 1. The Hall–Kier alpha value is -3.19. The number of aryl methyl sites for hydroxylation is 2. The summed E-state index contributed by atoms with van der Waals surface area (Å²) in [6.07, 6.45) is 1.41. The number of carbonyl (C=O) groups excluding carboxylic acids is 2. The predicted molar refractivity (Wildman–Crippen MR) is 107 cm³/mol. The van der Waals surface area contributed by atoms with Crippen LogP contribution in [0.1, 0.15) is 16.7 Å². The van der Waals surface area contributed by atoms with Crippen LogP contribution in [0.3, 0.4) is 0 Å². The molecule has 0 bridgehead atoms. The molecule has 1 saturated heterocycles. The van der Waals surface area contributed by atoms with Crippen LogP contribution in [0.2, 0.25) is 0 Å². The van der Waals surface area contributed by atoms with Gasteiger partial charge >= 0.3 is 0 Å². The number of carbonyl (C=O) groups is 2. The first-order valence-corrected chi connectivity index (χ1v) is 8.57. The Labute approximate surface area is 162 Å². The number of aromatic hydroxyl groups is 1. The fourth-order valence-electron chi connectivity index (χ4n) is 2.94. The van der Waals surface area contributed by atoms with E-state index in [-0.39, 0.29) is 16.4 Å². The van der Waals surface area contributed by atoms with E-state index in [0.717, 1.165) is 11.1 Å². The summed E-state index contributed by atoms with van der Waals surface area (Å²) in [6.45, 7) is 3.84. The molecule has 2 N–H and O–H groups in total. The number of thiocarbonyl (C=S) groups is 1. The van der Waals surface area contributed by atoms with Gasteiger partial charge in [0.25, 0.3) is 11.8 Å². The van der Waals surface area contributed by atoms with Crippen LogP contribution in [0.25, 0.3) is 6.08 Å². The number of rotatable bonds is 3. The lowest BCUT2D eigenvalue weighted by atomic mass is 10.1. The van der Waals surface area contributed by atoms with E-state index in [1.54, 1.807) is 12.1 Å². The number of nitrogens with zero attached hydrogens (tertiary/aromatic N) is 1. The molecule has 0 spiro atoms. The van der Waals surface area contributed by atoms with Crippen molar-refractivity contribution >= 4 is 40.9 Å². The number of ether oxygens (including phenoxy) is 1. The first-order chi connectivity index (χ1) is 12.8. The maximum absolute atomic E-state index is 13.0. The quantitative estimate of drug-likeness (QED) is 0.485. The van der Waals surface area contributed by atoms with Crippen molar-refractivity contribution in [2.45, 2.75) is 13.8 Å². The lowest BCUT2D eigenvalue weighted by Crippen LogP contribution is -2.54. The minimum atomic E-state index is -0.582. The van der Waals surface area contributed by atoms with Gasteiger partial charge in [0.2, 0.25) is 0 Å². The van der Waals surface area contributed by atoms with Gasteiger partial charge in [-0.15, -0.1) is 0 Å². The summed E-state index contributed by atoms with van der Waals surface area (Å²) >= 11 is 5.21. The summed E-state index contributed by atoms with van der Waals surface area (Å²) in [6, 6.07) is 10.2. The number of nitrogens with one attached hydrogen (secondary N) is 1. The van der Waals surface area contributed by atoms with Crippen LogP contribution >= 0.6 is 12.2 Å². The number of benzene rings is 2. The Morgan fingerprint density at radius 2 is 1.78 bits per heavy atom. The van der Waals surface area contributed by atoms with Crippen molar-refractivity contribution in [1.29, 1.82) is 0 Å². The molecule has 27 heavy (non-hydrogen) atoms. The summed E-state index contributed by atoms with van der Waals surface area (Å²) < 4.78 is 5.00. The highest BCUT2D eigenvalue weighted by Gasteiger charge is 2.34. The van der Waals surface area contributed by atoms with Crippen LogP contribution < -0.4 is 15.0 Å².